The van der Waals surface area contributed by atoms with Gasteiger partial charge < -0.3 is 4.90 Å². The van der Waals surface area contributed by atoms with Crippen LogP contribution in [0.3, 0.4) is 0 Å². The number of nitrogens with zero attached hydrogens (tertiary/aromatic N) is 5. The minimum absolute atomic E-state index is 0.213. The number of aryl methyl sites for hydroxylation is 1. The standard InChI is InChI=1S/C11H14ClN5/c1-16-10-9(5-15-16)11(14-7-13-10)17-4-2-3-8(12)6-17/h5,7-8H,2-4,6H2,1H3. The Kier molecular flexibility index (Phi) is 2.63. The van der Waals surface area contributed by atoms with Gasteiger partial charge >= 0.3 is 0 Å². The van der Waals surface area contributed by atoms with Gasteiger partial charge in [0.2, 0.25) is 0 Å². The van der Waals surface area contributed by atoms with E-state index < -0.39 is 0 Å². The largest absolute Gasteiger partial charge is 0.354 e. The third kappa shape index (κ3) is 1.84. The van der Waals surface area contributed by atoms with E-state index in [1.807, 2.05) is 13.2 Å². The zero-order valence-corrected chi connectivity index (χ0v) is 10.4. The number of rotatable bonds is 1. The van der Waals surface area contributed by atoms with Crippen molar-refractivity contribution >= 4 is 28.5 Å². The summed E-state index contributed by atoms with van der Waals surface area (Å²) in [5.74, 6) is 0.952. The summed E-state index contributed by atoms with van der Waals surface area (Å²) in [4.78, 5) is 10.9. The minimum Gasteiger partial charge on any atom is -0.354 e. The second-order valence-electron chi connectivity index (χ2n) is 4.39. The molecule has 2 aromatic rings. The van der Waals surface area contributed by atoms with Crippen LogP contribution in [-0.2, 0) is 7.05 Å². The second kappa shape index (κ2) is 4.14. The van der Waals surface area contributed by atoms with Crippen molar-refractivity contribution in [3.63, 3.8) is 0 Å². The van der Waals surface area contributed by atoms with Gasteiger partial charge in [-0.15, -0.1) is 11.6 Å². The van der Waals surface area contributed by atoms with Gasteiger partial charge in [-0.05, 0) is 12.8 Å². The lowest BCUT2D eigenvalue weighted by molar-refractivity contribution is 0.581. The van der Waals surface area contributed by atoms with E-state index in [0.717, 1.165) is 42.8 Å². The molecule has 0 aliphatic carbocycles. The molecular formula is C11H14ClN5. The molecule has 0 N–H and O–H groups in total. The number of piperidine rings is 1. The van der Waals surface area contributed by atoms with Crippen molar-refractivity contribution < 1.29 is 0 Å². The van der Waals surface area contributed by atoms with Gasteiger partial charge in [0.05, 0.1) is 17.0 Å². The first-order valence-corrected chi connectivity index (χ1v) is 6.21. The van der Waals surface area contributed by atoms with Crippen LogP contribution >= 0.6 is 11.6 Å². The topological polar surface area (TPSA) is 46.8 Å². The van der Waals surface area contributed by atoms with Gasteiger partial charge in [0.15, 0.2) is 5.65 Å². The fourth-order valence-corrected chi connectivity index (χ4v) is 2.64. The molecule has 1 saturated heterocycles. The smallest absolute Gasteiger partial charge is 0.163 e. The molecule has 5 nitrogen and oxygen atoms in total. The summed E-state index contributed by atoms with van der Waals surface area (Å²) < 4.78 is 1.77. The summed E-state index contributed by atoms with van der Waals surface area (Å²) in [6.07, 6.45) is 5.61. The Labute approximate surface area is 104 Å². The minimum atomic E-state index is 0.213. The van der Waals surface area contributed by atoms with Gasteiger partial charge in [-0.25, -0.2) is 9.97 Å². The number of anilines is 1. The lowest BCUT2D eigenvalue weighted by Gasteiger charge is -2.30. The summed E-state index contributed by atoms with van der Waals surface area (Å²) >= 11 is 6.21. The fraction of sp³-hybridized carbons (Fsp3) is 0.545. The van der Waals surface area contributed by atoms with Crippen LogP contribution in [0.4, 0.5) is 5.82 Å². The molecule has 3 rings (SSSR count). The van der Waals surface area contributed by atoms with Crippen molar-refractivity contribution in [1.29, 1.82) is 0 Å². The monoisotopic (exact) mass is 251 g/mol. The number of alkyl halides is 1. The molecule has 1 unspecified atom stereocenters. The van der Waals surface area contributed by atoms with Crippen LogP contribution in [0.1, 0.15) is 12.8 Å². The highest BCUT2D eigenvalue weighted by molar-refractivity contribution is 6.21. The lowest BCUT2D eigenvalue weighted by Crippen LogP contribution is -2.36. The summed E-state index contributed by atoms with van der Waals surface area (Å²) in [7, 11) is 1.89. The zero-order chi connectivity index (χ0) is 11.8. The Morgan fingerprint density at radius 3 is 3.12 bits per heavy atom. The van der Waals surface area contributed by atoms with Crippen LogP contribution in [0.5, 0.6) is 0 Å². The first-order chi connectivity index (χ1) is 8.25. The first kappa shape index (κ1) is 10.8. The zero-order valence-electron chi connectivity index (χ0n) is 9.67. The van der Waals surface area contributed by atoms with E-state index in [-0.39, 0.29) is 5.38 Å². The number of aromatic nitrogens is 4. The van der Waals surface area contributed by atoms with E-state index in [9.17, 15) is 0 Å². The molecule has 17 heavy (non-hydrogen) atoms. The predicted molar refractivity (Wildman–Crippen MR) is 67.4 cm³/mol. The highest BCUT2D eigenvalue weighted by Crippen LogP contribution is 2.26. The van der Waals surface area contributed by atoms with Crippen LogP contribution in [0.25, 0.3) is 11.0 Å². The SMILES string of the molecule is Cn1ncc2c(N3CCCC(Cl)C3)ncnc21. The van der Waals surface area contributed by atoms with Crippen molar-refractivity contribution in [1.82, 2.24) is 19.7 Å². The van der Waals surface area contributed by atoms with Crippen LogP contribution in [-0.4, -0.2) is 38.2 Å². The average molecular weight is 252 g/mol. The van der Waals surface area contributed by atoms with E-state index in [2.05, 4.69) is 20.0 Å². The average Bonchev–Trinajstić information content (AvgIpc) is 2.71. The Bertz CT molecular complexity index is 538. The van der Waals surface area contributed by atoms with Crippen LogP contribution in [0.15, 0.2) is 12.5 Å². The molecule has 90 valence electrons. The maximum atomic E-state index is 6.21. The van der Waals surface area contributed by atoms with Crippen LogP contribution < -0.4 is 4.90 Å². The molecule has 0 saturated carbocycles. The summed E-state index contributed by atoms with van der Waals surface area (Å²) in [5.41, 5.74) is 0.867. The van der Waals surface area contributed by atoms with Crippen LogP contribution in [0.2, 0.25) is 0 Å². The quantitative estimate of drug-likeness (QED) is 0.722. The van der Waals surface area contributed by atoms with Gasteiger partial charge in [-0.3, -0.25) is 4.68 Å². The molecule has 1 atom stereocenters. The molecule has 1 fully saturated rings. The maximum Gasteiger partial charge on any atom is 0.163 e. The molecule has 1 aliphatic rings. The molecule has 0 spiro atoms. The van der Waals surface area contributed by atoms with E-state index in [1.165, 1.54) is 0 Å². The van der Waals surface area contributed by atoms with Gasteiger partial charge in [0, 0.05) is 20.1 Å². The lowest BCUT2D eigenvalue weighted by atomic mass is 10.1. The Hall–Kier alpha value is -1.36. The highest BCUT2D eigenvalue weighted by atomic mass is 35.5. The number of hydrogen-bond donors (Lipinski definition) is 0. The summed E-state index contributed by atoms with van der Waals surface area (Å²) in [5, 5.41) is 5.44. The molecule has 0 radical (unpaired) electrons. The Morgan fingerprint density at radius 1 is 1.41 bits per heavy atom. The number of halogens is 1. The summed E-state index contributed by atoms with van der Waals surface area (Å²) in [6.45, 7) is 1.85. The third-order valence-corrected chi connectivity index (χ3v) is 3.53. The van der Waals surface area contributed by atoms with E-state index in [4.69, 9.17) is 11.6 Å². The van der Waals surface area contributed by atoms with E-state index in [0.29, 0.717) is 0 Å². The van der Waals surface area contributed by atoms with Crippen LogP contribution in [0, 0.1) is 0 Å². The van der Waals surface area contributed by atoms with Gasteiger partial charge in [0.1, 0.15) is 12.1 Å². The molecule has 0 aromatic carbocycles. The van der Waals surface area contributed by atoms with Crippen molar-refractivity contribution in [2.45, 2.75) is 18.2 Å². The third-order valence-electron chi connectivity index (χ3n) is 3.17. The van der Waals surface area contributed by atoms with Crippen molar-refractivity contribution in [3.8, 4) is 0 Å². The maximum absolute atomic E-state index is 6.21. The second-order valence-corrected chi connectivity index (χ2v) is 5.01. The first-order valence-electron chi connectivity index (χ1n) is 5.77. The Morgan fingerprint density at radius 2 is 2.29 bits per heavy atom. The van der Waals surface area contributed by atoms with Crippen molar-refractivity contribution in [2.75, 3.05) is 18.0 Å². The predicted octanol–water partition coefficient (Wildman–Crippen LogP) is 1.57. The van der Waals surface area contributed by atoms with E-state index in [1.54, 1.807) is 11.0 Å². The molecule has 6 heteroatoms. The molecule has 3 heterocycles. The molecule has 0 amide bonds. The van der Waals surface area contributed by atoms with Gasteiger partial charge in [-0.1, -0.05) is 0 Å². The van der Waals surface area contributed by atoms with Crippen molar-refractivity contribution in [3.05, 3.63) is 12.5 Å². The number of hydrogen-bond acceptors (Lipinski definition) is 4. The molecular weight excluding hydrogens is 238 g/mol. The van der Waals surface area contributed by atoms with Crippen molar-refractivity contribution in [2.24, 2.45) is 7.05 Å². The molecule has 0 bridgehead atoms. The Balaban J connectivity index is 2.04. The van der Waals surface area contributed by atoms with Gasteiger partial charge in [-0.2, -0.15) is 5.10 Å². The highest BCUT2D eigenvalue weighted by Gasteiger charge is 2.21. The fourth-order valence-electron chi connectivity index (χ4n) is 2.32. The summed E-state index contributed by atoms with van der Waals surface area (Å²) in [6, 6.07) is 0. The normalized spacial score (nSPS) is 21.1. The van der Waals surface area contributed by atoms with E-state index >= 15 is 0 Å². The molecule has 2 aromatic heterocycles. The number of fused-ring (bicyclic) bond motifs is 1. The molecule has 1 aliphatic heterocycles. The van der Waals surface area contributed by atoms with Gasteiger partial charge in [0.25, 0.3) is 0 Å².